The van der Waals surface area contributed by atoms with Gasteiger partial charge in [-0.15, -0.1) is 11.8 Å². The predicted molar refractivity (Wildman–Crippen MR) is 254 cm³/mol. The molecule has 3 saturated heterocycles. The molecule has 3 aliphatic heterocycles. The van der Waals surface area contributed by atoms with E-state index in [0.717, 1.165) is 17.3 Å². The topological polar surface area (TPSA) is 306 Å². The van der Waals surface area contributed by atoms with Crippen LogP contribution in [0.1, 0.15) is 90.0 Å². The molecule has 0 saturated carbocycles. The number of hydrogen-bond acceptors (Lipinski definition) is 16. The first kappa shape index (κ1) is 54.9. The van der Waals surface area contributed by atoms with Gasteiger partial charge in [0.1, 0.15) is 23.1 Å². The largest absolute Gasteiger partial charge is 0.508 e. The van der Waals surface area contributed by atoms with Crippen molar-refractivity contribution in [3.63, 3.8) is 0 Å². The molecule has 7 amide bonds. The number of phenolic OH excluding ortho intramolecular Hbond substituents is 1. The number of nitrogens with zero attached hydrogens (tertiary/aromatic N) is 1. The summed E-state index contributed by atoms with van der Waals surface area (Å²) in [5.41, 5.74) is 4.71. The fourth-order valence-electron chi connectivity index (χ4n) is 8.18. The molecule has 0 aliphatic carbocycles. The minimum absolute atomic E-state index is 0.0176. The number of carbonyl (C=O) groups excluding carboxylic acids is 8. The zero-order valence-electron chi connectivity index (χ0n) is 39.2. The number of unbranched alkanes of at least 4 members (excludes halogenated alkanes) is 3. The van der Waals surface area contributed by atoms with Gasteiger partial charge < -0.3 is 53.4 Å². The van der Waals surface area contributed by atoms with E-state index in [1.165, 1.54) is 17.0 Å². The molecule has 0 spiro atoms. The number of fused-ring (bicyclic) bond motifs is 5. The number of carbonyl (C=O) groups is 8. The Morgan fingerprint density at radius 2 is 1.21 bits per heavy atom. The normalized spacial score (nSPS) is 22.7. The third-order valence-corrected chi connectivity index (χ3v) is 13.2. The molecule has 22 heteroatoms. The summed E-state index contributed by atoms with van der Waals surface area (Å²) in [5.74, 6) is -2.36. The van der Waals surface area contributed by atoms with E-state index in [4.69, 9.17) is 5.73 Å². The van der Waals surface area contributed by atoms with Crippen LogP contribution in [0.25, 0.3) is 0 Å². The summed E-state index contributed by atoms with van der Waals surface area (Å²) in [7, 11) is 0. The van der Waals surface area contributed by atoms with Crippen molar-refractivity contribution in [3.05, 3.63) is 29.8 Å². The fraction of sp³-hybridized carbons (Fsp3) is 0.689. The molecule has 0 radical (unpaired) electrons. The summed E-state index contributed by atoms with van der Waals surface area (Å²) in [5, 5.41) is 41.9. The molecule has 3 heterocycles. The second-order valence-corrected chi connectivity index (χ2v) is 18.7. The molecule has 0 aromatic heterocycles. The first-order valence-corrected chi connectivity index (χ1v) is 24.8. The number of amides is 7. The first-order chi connectivity index (χ1) is 32.2. The van der Waals surface area contributed by atoms with Gasteiger partial charge in [-0.05, 0) is 50.3 Å². The number of Topliss-reactive ketones (excluding diaryl/α,β-unsaturated/α-hetero) is 1. The zero-order chi connectivity index (χ0) is 48.7. The molecule has 2 bridgehead atoms. The molecule has 2 unspecified atom stereocenters. The molecule has 1 aromatic carbocycles. The van der Waals surface area contributed by atoms with E-state index in [9.17, 15) is 43.5 Å². The van der Waals surface area contributed by atoms with Crippen molar-refractivity contribution >= 4 is 58.9 Å². The Bertz CT molecular complexity index is 1810. The van der Waals surface area contributed by atoms with Gasteiger partial charge in [0, 0.05) is 116 Å². The van der Waals surface area contributed by atoms with Gasteiger partial charge in [-0.25, -0.2) is 0 Å². The van der Waals surface area contributed by atoms with Gasteiger partial charge >= 0.3 is 0 Å². The van der Waals surface area contributed by atoms with E-state index in [1.54, 1.807) is 19.1 Å². The van der Waals surface area contributed by atoms with E-state index in [0.29, 0.717) is 97.6 Å². The highest BCUT2D eigenvalue weighted by Gasteiger charge is 2.39. The van der Waals surface area contributed by atoms with Gasteiger partial charge in [0.25, 0.3) is 0 Å². The minimum atomic E-state index is -0.996. The van der Waals surface area contributed by atoms with E-state index in [1.807, 2.05) is 6.92 Å². The van der Waals surface area contributed by atoms with Gasteiger partial charge in [-0.3, -0.25) is 53.9 Å². The number of benzene rings is 1. The molecular formula is C45H74N12O9S. The fourth-order valence-corrected chi connectivity index (χ4v) is 9.38. The number of likely N-dealkylation sites (tertiary alicyclic amines) is 1. The molecule has 4 rings (SSSR count). The van der Waals surface area contributed by atoms with Crippen molar-refractivity contribution in [2.45, 2.75) is 120 Å². The first-order valence-electron chi connectivity index (χ1n) is 23.8. The predicted octanol–water partition coefficient (Wildman–Crippen LogP) is -2.05. The Hall–Kier alpha value is -4.71. The average Bonchev–Trinajstić information content (AvgIpc) is 3.57. The summed E-state index contributed by atoms with van der Waals surface area (Å²) >= 11 is 1.13. The molecule has 3 aliphatic rings. The van der Waals surface area contributed by atoms with Crippen LogP contribution in [0, 0.1) is 0 Å². The number of imide groups is 1. The maximum absolute atomic E-state index is 13.6. The lowest BCUT2D eigenvalue weighted by atomic mass is 9.98. The quantitative estimate of drug-likeness (QED) is 0.0392. The molecule has 67 heavy (non-hydrogen) atoms. The lowest BCUT2D eigenvalue weighted by Gasteiger charge is -2.41. The number of primary amides is 1. The van der Waals surface area contributed by atoms with Crippen LogP contribution >= 0.6 is 11.8 Å². The van der Waals surface area contributed by atoms with Crippen LogP contribution in [0.3, 0.4) is 0 Å². The number of thioether (sulfide) groups is 1. The summed E-state index contributed by atoms with van der Waals surface area (Å²) in [4.78, 5) is 103. The van der Waals surface area contributed by atoms with Gasteiger partial charge in [-0.2, -0.15) is 0 Å². The number of ketones is 1. The third kappa shape index (κ3) is 19.1. The lowest BCUT2D eigenvalue weighted by Crippen LogP contribution is -2.73. The number of nitrogens with two attached hydrogens (primary N) is 1. The summed E-state index contributed by atoms with van der Waals surface area (Å²) in [6.45, 7) is 9.20. The number of phenols is 1. The Morgan fingerprint density at radius 1 is 0.701 bits per heavy atom. The van der Waals surface area contributed by atoms with Crippen molar-refractivity contribution < 1.29 is 43.5 Å². The van der Waals surface area contributed by atoms with Gasteiger partial charge in [0.2, 0.25) is 41.4 Å². The minimum Gasteiger partial charge on any atom is -0.508 e. The van der Waals surface area contributed by atoms with Crippen LogP contribution in [0.15, 0.2) is 24.3 Å². The van der Waals surface area contributed by atoms with E-state index in [2.05, 4.69) is 53.2 Å². The highest BCUT2D eigenvalue weighted by molar-refractivity contribution is 8.00. The van der Waals surface area contributed by atoms with Gasteiger partial charge in [0.15, 0.2) is 5.78 Å². The molecule has 1 aromatic rings. The van der Waals surface area contributed by atoms with E-state index >= 15 is 0 Å². The molecule has 3 atom stereocenters. The average molecular weight is 959 g/mol. The standard InChI is InChI=1S/C45H74N12O9S/c1-3-37(60)55-44-27-47-18-20-49-29-45(52-23-22-51-44,30-50-21-19-48-28-44)56-40(63)13-9-12-39(62)53-33(24-31-14-16-32(58)17-15-31)35(59)10-7-5-6-8-11-38(61)54-34(42(46)65)26-67-36-25-41(64)57(4-2)43(36)66/h14-17,33-34,36,47-52,58H,3-13,18-30H2,1-2H3,(H2,46,65)(H,53,62)(H,54,61)(H,55,60)(H,56,63)/t33-,34?,36?,44?,45?/m0/s1. The van der Waals surface area contributed by atoms with Crippen molar-refractivity contribution in [2.75, 3.05) is 77.7 Å². The van der Waals surface area contributed by atoms with Crippen LogP contribution < -0.4 is 58.9 Å². The maximum atomic E-state index is 13.6. The Labute approximate surface area is 397 Å². The van der Waals surface area contributed by atoms with Crippen LogP contribution in [-0.4, -0.2) is 164 Å². The van der Waals surface area contributed by atoms with Crippen molar-refractivity contribution in [3.8, 4) is 5.75 Å². The Morgan fingerprint density at radius 3 is 1.73 bits per heavy atom. The van der Waals surface area contributed by atoms with Crippen molar-refractivity contribution in [2.24, 2.45) is 5.73 Å². The molecule has 21 nitrogen and oxygen atoms in total. The second-order valence-electron chi connectivity index (χ2n) is 17.4. The molecular weight excluding hydrogens is 885 g/mol. The van der Waals surface area contributed by atoms with Crippen LogP contribution in [0.2, 0.25) is 0 Å². The monoisotopic (exact) mass is 959 g/mol. The number of hydrogen-bond donors (Lipinski definition) is 12. The van der Waals surface area contributed by atoms with Crippen LogP contribution in [0.4, 0.5) is 0 Å². The molecule has 3 fully saturated rings. The smallest absolute Gasteiger partial charge is 0.242 e. The van der Waals surface area contributed by atoms with Crippen molar-refractivity contribution in [1.29, 1.82) is 0 Å². The lowest BCUT2D eigenvalue weighted by molar-refractivity contribution is -0.138. The number of aromatic hydroxyl groups is 1. The summed E-state index contributed by atoms with van der Waals surface area (Å²) in [6, 6.07) is 4.60. The Kier molecular flexibility index (Phi) is 23.4. The highest BCUT2D eigenvalue weighted by atomic mass is 32.2. The highest BCUT2D eigenvalue weighted by Crippen LogP contribution is 2.25. The van der Waals surface area contributed by atoms with E-state index < -0.39 is 34.6 Å². The van der Waals surface area contributed by atoms with Gasteiger partial charge in [0.05, 0.1) is 11.3 Å². The SMILES string of the molecule is CCC(=O)NC12CNCCNCC(NC(=O)CCCC(=O)N[C@@H](Cc3ccc(O)cc3)C(=O)CCCCCCC(=O)NC(CSC3CC(=O)N(CC)C3=O)C(N)=O)(CNCCNC1)NCCN2. The third-order valence-electron chi connectivity index (χ3n) is 11.9. The van der Waals surface area contributed by atoms with E-state index in [-0.39, 0.29) is 104 Å². The molecule has 374 valence electrons. The van der Waals surface area contributed by atoms with Crippen LogP contribution in [-0.2, 0) is 44.8 Å². The number of rotatable bonds is 24. The molecule has 13 N–H and O–H groups in total. The van der Waals surface area contributed by atoms with Gasteiger partial charge in [-0.1, -0.05) is 31.9 Å². The summed E-state index contributed by atoms with van der Waals surface area (Å²) in [6.07, 6.45) is 3.55. The zero-order valence-corrected chi connectivity index (χ0v) is 40.0. The Balaban J connectivity index is 1.23. The second kappa shape index (κ2) is 28.6. The van der Waals surface area contributed by atoms with Crippen molar-refractivity contribution in [1.82, 2.24) is 58.1 Å². The maximum Gasteiger partial charge on any atom is 0.242 e. The number of nitrogens with one attached hydrogen (secondary N) is 10. The van der Waals surface area contributed by atoms with Crippen LogP contribution in [0.5, 0.6) is 5.75 Å². The summed E-state index contributed by atoms with van der Waals surface area (Å²) < 4.78 is 0.